The van der Waals surface area contributed by atoms with Crippen LogP contribution >= 0.6 is 18.0 Å². The van der Waals surface area contributed by atoms with Crippen LogP contribution in [0.2, 0.25) is 0 Å². The van der Waals surface area contributed by atoms with Gasteiger partial charge < -0.3 is 0 Å². The summed E-state index contributed by atoms with van der Waals surface area (Å²) in [6.07, 6.45) is 0. The first-order valence-corrected chi connectivity index (χ1v) is 9.32. The van der Waals surface area contributed by atoms with Gasteiger partial charge in [-0.3, -0.25) is 4.57 Å². The molecule has 0 radical (unpaired) electrons. The van der Waals surface area contributed by atoms with Crippen molar-refractivity contribution >= 4 is 18.0 Å². The summed E-state index contributed by atoms with van der Waals surface area (Å²) < 4.78 is 16.3. The van der Waals surface area contributed by atoms with E-state index in [0.29, 0.717) is 13.1 Å². The van der Waals surface area contributed by atoms with E-state index < -0.39 is 6.80 Å². The topological polar surface area (TPSA) is 23.6 Å². The van der Waals surface area contributed by atoms with Crippen molar-refractivity contribution in [2.75, 3.05) is 14.1 Å². The number of nitrogens with zero attached hydrogens (tertiary/aromatic N) is 2. The van der Waals surface area contributed by atoms with Crippen molar-refractivity contribution in [3.05, 3.63) is 71.8 Å². The van der Waals surface area contributed by atoms with E-state index in [4.69, 9.17) is 11.2 Å². The lowest BCUT2D eigenvalue weighted by Crippen LogP contribution is -2.23. The first kappa shape index (κ1) is 16.3. The van der Waals surface area contributed by atoms with Gasteiger partial charge in [0, 0.05) is 13.1 Å². The fourth-order valence-corrected chi connectivity index (χ4v) is 3.65. The van der Waals surface area contributed by atoms with Crippen LogP contribution in [0.5, 0.6) is 0 Å². The van der Waals surface area contributed by atoms with E-state index in [1.807, 2.05) is 60.7 Å². The summed E-state index contributed by atoms with van der Waals surface area (Å²) in [4.78, 5) is 0. The van der Waals surface area contributed by atoms with Crippen LogP contribution in [0.25, 0.3) is 0 Å². The predicted molar refractivity (Wildman–Crippen MR) is 89.3 cm³/mol. The fourth-order valence-electron chi connectivity index (χ4n) is 2.13. The third-order valence-electron chi connectivity index (χ3n) is 3.35. The molecule has 0 heterocycles. The second-order valence-corrected chi connectivity index (χ2v) is 8.71. The lowest BCUT2D eigenvalue weighted by Gasteiger charge is -2.30. The fraction of sp³-hybridized carbons (Fsp3) is 0.250. The highest BCUT2D eigenvalue weighted by Crippen LogP contribution is 2.57. The molecule has 0 amide bonds. The Morgan fingerprint density at radius 2 is 1.14 bits per heavy atom. The van der Waals surface area contributed by atoms with Crippen LogP contribution in [0.3, 0.4) is 0 Å². The Kier molecular flexibility index (Phi) is 5.60. The number of benzene rings is 2. The molecule has 0 saturated carbocycles. The molecule has 0 aromatic heterocycles. The van der Waals surface area contributed by atoms with Crippen molar-refractivity contribution in [3.63, 3.8) is 0 Å². The zero-order chi connectivity index (χ0) is 15.3. The Bertz CT molecular complexity index is 555. The van der Waals surface area contributed by atoms with Crippen LogP contribution in [-0.4, -0.2) is 23.4 Å². The van der Waals surface area contributed by atoms with Gasteiger partial charge in [-0.05, 0) is 36.5 Å². The van der Waals surface area contributed by atoms with Gasteiger partial charge >= 0.3 is 6.80 Å². The Labute approximate surface area is 131 Å². The first-order valence-electron chi connectivity index (χ1n) is 6.81. The van der Waals surface area contributed by atoms with Crippen LogP contribution in [0, 0.1) is 0 Å². The molecule has 0 unspecified atom stereocenters. The molecular formula is C16H20ClN2OP. The number of hydrogen-bond acceptors (Lipinski definition) is 1. The maximum absolute atomic E-state index is 12.8. The highest BCUT2D eigenvalue weighted by Gasteiger charge is 2.30. The highest BCUT2D eigenvalue weighted by molar-refractivity contribution is 7.85. The number of rotatable bonds is 6. The van der Waals surface area contributed by atoms with Gasteiger partial charge in [0.05, 0.1) is 0 Å². The minimum absolute atomic E-state index is 0.556. The van der Waals surface area contributed by atoms with E-state index in [9.17, 15) is 4.57 Å². The van der Waals surface area contributed by atoms with Gasteiger partial charge in [-0.15, -0.1) is 0 Å². The molecule has 2 aromatic rings. The molecule has 21 heavy (non-hydrogen) atoms. The molecule has 0 aliphatic rings. The van der Waals surface area contributed by atoms with Crippen LogP contribution in [0.15, 0.2) is 60.7 Å². The van der Waals surface area contributed by atoms with E-state index in [0.717, 1.165) is 11.1 Å². The standard InChI is InChI=1S/C16H20ClN2OP/c1-18(13-15-9-5-3-6-10-15)21(17,20)19(2)14-16-11-7-4-8-12-16/h3-12H,13-14H2,1-2H3. The average Bonchev–Trinajstić information content (AvgIpc) is 2.49. The normalized spacial score (nSPS) is 12.0. The molecule has 0 N–H and O–H groups in total. The van der Waals surface area contributed by atoms with Gasteiger partial charge in [-0.25, -0.2) is 9.34 Å². The number of halogens is 1. The van der Waals surface area contributed by atoms with Crippen LogP contribution in [-0.2, 0) is 17.7 Å². The molecule has 0 aliphatic heterocycles. The molecule has 2 aromatic carbocycles. The summed E-state index contributed by atoms with van der Waals surface area (Å²) in [5.74, 6) is 0. The maximum Gasteiger partial charge on any atom is 0.304 e. The second kappa shape index (κ2) is 7.24. The van der Waals surface area contributed by atoms with E-state index in [2.05, 4.69) is 0 Å². The Balaban J connectivity index is 2.04. The van der Waals surface area contributed by atoms with E-state index in [1.165, 1.54) is 0 Å². The van der Waals surface area contributed by atoms with Gasteiger partial charge in [0.15, 0.2) is 0 Å². The Morgan fingerprint density at radius 1 is 0.810 bits per heavy atom. The van der Waals surface area contributed by atoms with Crippen LogP contribution in [0.1, 0.15) is 11.1 Å². The Hall–Kier alpha value is -1.12. The van der Waals surface area contributed by atoms with Crippen molar-refractivity contribution in [1.82, 2.24) is 9.34 Å². The van der Waals surface area contributed by atoms with Gasteiger partial charge in [-0.2, -0.15) is 0 Å². The minimum Gasteiger partial charge on any atom is -0.271 e. The summed E-state index contributed by atoms with van der Waals surface area (Å²) in [6.45, 7) is -1.95. The molecule has 0 spiro atoms. The quantitative estimate of drug-likeness (QED) is 0.726. The van der Waals surface area contributed by atoms with Crippen molar-refractivity contribution in [3.8, 4) is 0 Å². The lowest BCUT2D eigenvalue weighted by molar-refractivity contribution is 0.397. The number of hydrogen-bond donors (Lipinski definition) is 0. The second-order valence-electron chi connectivity index (χ2n) is 5.08. The van der Waals surface area contributed by atoms with E-state index >= 15 is 0 Å². The summed E-state index contributed by atoms with van der Waals surface area (Å²) in [5, 5.41) is 0. The third kappa shape index (κ3) is 4.42. The van der Waals surface area contributed by atoms with E-state index in [-0.39, 0.29) is 0 Å². The smallest absolute Gasteiger partial charge is 0.271 e. The minimum atomic E-state index is -3.07. The molecule has 112 valence electrons. The highest BCUT2D eigenvalue weighted by atomic mass is 35.7. The monoisotopic (exact) mass is 322 g/mol. The summed E-state index contributed by atoms with van der Waals surface area (Å²) in [6, 6.07) is 19.8. The first-order chi connectivity index (χ1) is 10.00. The summed E-state index contributed by atoms with van der Waals surface area (Å²) in [7, 11) is 3.59. The molecule has 0 aliphatic carbocycles. The average molecular weight is 323 g/mol. The zero-order valence-corrected chi connectivity index (χ0v) is 14.0. The molecule has 5 heteroatoms. The van der Waals surface area contributed by atoms with Crippen molar-refractivity contribution in [1.29, 1.82) is 0 Å². The van der Waals surface area contributed by atoms with Crippen molar-refractivity contribution in [2.45, 2.75) is 13.1 Å². The van der Waals surface area contributed by atoms with Gasteiger partial charge in [-0.1, -0.05) is 60.7 Å². The molecule has 3 nitrogen and oxygen atoms in total. The van der Waals surface area contributed by atoms with Gasteiger partial charge in [0.25, 0.3) is 0 Å². The van der Waals surface area contributed by atoms with Gasteiger partial charge in [0.1, 0.15) is 0 Å². The lowest BCUT2D eigenvalue weighted by atomic mass is 10.2. The zero-order valence-electron chi connectivity index (χ0n) is 12.3. The molecular weight excluding hydrogens is 303 g/mol. The Morgan fingerprint density at radius 3 is 1.48 bits per heavy atom. The molecule has 0 fully saturated rings. The molecule has 0 atom stereocenters. The van der Waals surface area contributed by atoms with Crippen LogP contribution in [0.4, 0.5) is 0 Å². The molecule has 0 bridgehead atoms. The molecule has 2 rings (SSSR count). The maximum atomic E-state index is 12.8. The molecule has 0 saturated heterocycles. The third-order valence-corrected chi connectivity index (χ3v) is 6.87. The SMILES string of the molecule is CN(Cc1ccccc1)P(=O)(Cl)N(C)Cc1ccccc1. The van der Waals surface area contributed by atoms with Gasteiger partial charge in [0.2, 0.25) is 0 Å². The largest absolute Gasteiger partial charge is 0.304 e. The van der Waals surface area contributed by atoms with Crippen molar-refractivity contribution < 1.29 is 4.57 Å². The van der Waals surface area contributed by atoms with E-state index in [1.54, 1.807) is 23.4 Å². The van der Waals surface area contributed by atoms with Crippen LogP contribution < -0.4 is 0 Å². The summed E-state index contributed by atoms with van der Waals surface area (Å²) in [5.41, 5.74) is 2.18. The predicted octanol–water partition coefficient (Wildman–Crippen LogP) is 4.60. The van der Waals surface area contributed by atoms with Crippen molar-refractivity contribution in [2.24, 2.45) is 0 Å². The summed E-state index contributed by atoms with van der Waals surface area (Å²) >= 11 is 6.34.